The molecule has 1 aliphatic rings. The number of aliphatic hydroxyl groups excluding tert-OH is 1. The Balaban J connectivity index is 2.26. The van der Waals surface area contributed by atoms with Crippen LogP contribution in [-0.4, -0.2) is 23.4 Å². The van der Waals surface area contributed by atoms with E-state index in [1.807, 2.05) is 13.8 Å². The first kappa shape index (κ1) is 8.02. The molecular formula is C8H16O2. The van der Waals surface area contributed by atoms with Crippen molar-refractivity contribution < 1.29 is 9.84 Å². The van der Waals surface area contributed by atoms with Gasteiger partial charge in [-0.25, -0.2) is 0 Å². The maximum Gasteiger partial charge on any atom is 0.0837 e. The van der Waals surface area contributed by atoms with Crippen molar-refractivity contribution in [1.82, 2.24) is 0 Å². The molecule has 0 aromatic rings. The van der Waals surface area contributed by atoms with Crippen molar-refractivity contribution in [1.29, 1.82) is 0 Å². The SMILES string of the molecule is CC(C)O[C@H]1CCC[C@H]1O. The molecule has 0 unspecified atom stereocenters. The summed E-state index contributed by atoms with van der Waals surface area (Å²) in [5, 5.41) is 9.31. The average molecular weight is 144 g/mol. The van der Waals surface area contributed by atoms with Crippen LogP contribution in [-0.2, 0) is 4.74 Å². The molecule has 0 aliphatic heterocycles. The minimum Gasteiger partial charge on any atom is -0.390 e. The Kier molecular flexibility index (Phi) is 2.69. The molecule has 60 valence electrons. The summed E-state index contributed by atoms with van der Waals surface area (Å²) in [5.74, 6) is 0. The molecule has 0 saturated heterocycles. The molecule has 1 saturated carbocycles. The molecule has 0 bridgehead atoms. The largest absolute Gasteiger partial charge is 0.390 e. The predicted octanol–water partition coefficient (Wildman–Crippen LogP) is 1.32. The van der Waals surface area contributed by atoms with Gasteiger partial charge in [0.1, 0.15) is 0 Å². The molecular weight excluding hydrogens is 128 g/mol. The Bertz CT molecular complexity index is 101. The third-order valence-corrected chi connectivity index (χ3v) is 1.86. The Morgan fingerprint density at radius 1 is 1.40 bits per heavy atom. The minimum absolute atomic E-state index is 0.111. The van der Waals surface area contributed by atoms with Gasteiger partial charge in [0.15, 0.2) is 0 Å². The van der Waals surface area contributed by atoms with E-state index in [0.717, 1.165) is 19.3 Å². The summed E-state index contributed by atoms with van der Waals surface area (Å²) in [6.07, 6.45) is 3.20. The molecule has 1 aliphatic carbocycles. The van der Waals surface area contributed by atoms with Crippen molar-refractivity contribution in [3.05, 3.63) is 0 Å². The lowest BCUT2D eigenvalue weighted by Crippen LogP contribution is -2.25. The van der Waals surface area contributed by atoms with E-state index in [2.05, 4.69) is 0 Å². The van der Waals surface area contributed by atoms with Crippen LogP contribution in [0.15, 0.2) is 0 Å². The van der Waals surface area contributed by atoms with Crippen LogP contribution in [0.3, 0.4) is 0 Å². The molecule has 1 N–H and O–H groups in total. The van der Waals surface area contributed by atoms with Gasteiger partial charge in [0.05, 0.1) is 18.3 Å². The second-order valence-electron chi connectivity index (χ2n) is 3.22. The van der Waals surface area contributed by atoms with Crippen LogP contribution in [0.25, 0.3) is 0 Å². The summed E-state index contributed by atoms with van der Waals surface area (Å²) in [4.78, 5) is 0. The summed E-state index contributed by atoms with van der Waals surface area (Å²) >= 11 is 0. The van der Waals surface area contributed by atoms with E-state index in [1.165, 1.54) is 0 Å². The van der Waals surface area contributed by atoms with E-state index in [-0.39, 0.29) is 18.3 Å². The maximum atomic E-state index is 9.31. The van der Waals surface area contributed by atoms with Crippen molar-refractivity contribution in [2.75, 3.05) is 0 Å². The first-order valence-corrected chi connectivity index (χ1v) is 4.03. The van der Waals surface area contributed by atoms with Gasteiger partial charge in [0, 0.05) is 0 Å². The van der Waals surface area contributed by atoms with Gasteiger partial charge in [-0.3, -0.25) is 0 Å². The zero-order chi connectivity index (χ0) is 7.56. The van der Waals surface area contributed by atoms with Crippen molar-refractivity contribution in [3.8, 4) is 0 Å². The smallest absolute Gasteiger partial charge is 0.0837 e. The van der Waals surface area contributed by atoms with E-state index >= 15 is 0 Å². The van der Waals surface area contributed by atoms with E-state index in [9.17, 15) is 5.11 Å². The third kappa shape index (κ3) is 1.96. The van der Waals surface area contributed by atoms with Crippen LogP contribution >= 0.6 is 0 Å². The predicted molar refractivity (Wildman–Crippen MR) is 39.9 cm³/mol. The molecule has 2 atom stereocenters. The van der Waals surface area contributed by atoms with Gasteiger partial charge in [-0.05, 0) is 33.1 Å². The molecule has 0 aromatic heterocycles. The maximum absolute atomic E-state index is 9.31. The molecule has 2 heteroatoms. The zero-order valence-electron chi connectivity index (χ0n) is 6.71. The lowest BCUT2D eigenvalue weighted by Gasteiger charge is -2.17. The normalized spacial score (nSPS) is 33.6. The third-order valence-electron chi connectivity index (χ3n) is 1.86. The summed E-state index contributed by atoms with van der Waals surface area (Å²) < 4.78 is 5.47. The summed E-state index contributed by atoms with van der Waals surface area (Å²) in [5.41, 5.74) is 0. The summed E-state index contributed by atoms with van der Waals surface area (Å²) in [7, 11) is 0. The molecule has 2 nitrogen and oxygen atoms in total. The van der Waals surface area contributed by atoms with Crippen LogP contribution in [0.2, 0.25) is 0 Å². The molecule has 0 aromatic carbocycles. The molecule has 0 heterocycles. The van der Waals surface area contributed by atoms with Gasteiger partial charge in [-0.1, -0.05) is 0 Å². The fraction of sp³-hybridized carbons (Fsp3) is 1.00. The first-order chi connectivity index (χ1) is 4.70. The van der Waals surface area contributed by atoms with Crippen molar-refractivity contribution >= 4 is 0 Å². The van der Waals surface area contributed by atoms with Crippen LogP contribution in [0.4, 0.5) is 0 Å². The zero-order valence-corrected chi connectivity index (χ0v) is 6.71. The van der Waals surface area contributed by atoms with Crippen LogP contribution in [0.5, 0.6) is 0 Å². The standard InChI is InChI=1S/C8H16O2/c1-6(2)10-8-5-3-4-7(8)9/h6-9H,3-5H2,1-2H3/t7-,8+/m1/s1. The first-order valence-electron chi connectivity index (χ1n) is 4.03. The lowest BCUT2D eigenvalue weighted by atomic mass is 10.2. The highest BCUT2D eigenvalue weighted by molar-refractivity contribution is 4.77. The van der Waals surface area contributed by atoms with Crippen LogP contribution in [0.1, 0.15) is 33.1 Å². The molecule has 0 amide bonds. The molecule has 0 spiro atoms. The van der Waals surface area contributed by atoms with Crippen LogP contribution < -0.4 is 0 Å². The number of aliphatic hydroxyl groups is 1. The highest BCUT2D eigenvalue weighted by Gasteiger charge is 2.26. The fourth-order valence-electron chi connectivity index (χ4n) is 1.41. The fourth-order valence-corrected chi connectivity index (χ4v) is 1.41. The van der Waals surface area contributed by atoms with E-state index in [1.54, 1.807) is 0 Å². The monoisotopic (exact) mass is 144 g/mol. The molecule has 10 heavy (non-hydrogen) atoms. The average Bonchev–Trinajstić information content (AvgIpc) is 2.15. The van der Waals surface area contributed by atoms with Crippen molar-refractivity contribution in [3.63, 3.8) is 0 Å². The lowest BCUT2D eigenvalue weighted by molar-refractivity contribution is -0.0481. The summed E-state index contributed by atoms with van der Waals surface area (Å²) in [6, 6.07) is 0. The van der Waals surface area contributed by atoms with Crippen molar-refractivity contribution in [2.45, 2.75) is 51.4 Å². The Labute approximate surface area is 62.2 Å². The van der Waals surface area contributed by atoms with E-state index in [0.29, 0.717) is 0 Å². The Hall–Kier alpha value is -0.0800. The van der Waals surface area contributed by atoms with Gasteiger partial charge in [0.25, 0.3) is 0 Å². The Morgan fingerprint density at radius 3 is 2.50 bits per heavy atom. The summed E-state index contributed by atoms with van der Waals surface area (Å²) in [6.45, 7) is 4.01. The van der Waals surface area contributed by atoms with Crippen molar-refractivity contribution in [2.24, 2.45) is 0 Å². The quantitative estimate of drug-likeness (QED) is 0.633. The molecule has 1 fully saturated rings. The van der Waals surface area contributed by atoms with E-state index in [4.69, 9.17) is 4.74 Å². The highest BCUT2D eigenvalue weighted by atomic mass is 16.5. The van der Waals surface area contributed by atoms with Gasteiger partial charge in [0.2, 0.25) is 0 Å². The molecule has 0 radical (unpaired) electrons. The minimum atomic E-state index is -0.206. The highest BCUT2D eigenvalue weighted by Crippen LogP contribution is 2.22. The number of hydrogen-bond acceptors (Lipinski definition) is 2. The topological polar surface area (TPSA) is 29.5 Å². The number of hydrogen-bond donors (Lipinski definition) is 1. The van der Waals surface area contributed by atoms with Gasteiger partial charge >= 0.3 is 0 Å². The number of ether oxygens (including phenoxy) is 1. The second-order valence-corrected chi connectivity index (χ2v) is 3.22. The van der Waals surface area contributed by atoms with Gasteiger partial charge in [-0.15, -0.1) is 0 Å². The van der Waals surface area contributed by atoms with Crippen LogP contribution in [0, 0.1) is 0 Å². The molecule has 1 rings (SSSR count). The van der Waals surface area contributed by atoms with Gasteiger partial charge < -0.3 is 9.84 Å². The Morgan fingerprint density at radius 2 is 2.10 bits per heavy atom. The second kappa shape index (κ2) is 3.35. The number of rotatable bonds is 2. The van der Waals surface area contributed by atoms with E-state index < -0.39 is 0 Å². The van der Waals surface area contributed by atoms with Gasteiger partial charge in [-0.2, -0.15) is 0 Å².